The number of benzene rings is 2. The van der Waals surface area contributed by atoms with Crippen molar-refractivity contribution < 1.29 is 14.6 Å². The molecule has 1 heterocycles. The number of ether oxygens (including phenoxy) is 1. The highest BCUT2D eigenvalue weighted by atomic mass is 35.5. The van der Waals surface area contributed by atoms with Crippen molar-refractivity contribution in [2.75, 3.05) is 7.11 Å². The van der Waals surface area contributed by atoms with Crippen molar-refractivity contribution in [1.29, 1.82) is 0 Å². The van der Waals surface area contributed by atoms with Gasteiger partial charge in [-0.25, -0.2) is 0 Å². The smallest absolute Gasteiger partial charge is 0.142 e. The van der Waals surface area contributed by atoms with Crippen LogP contribution >= 0.6 is 11.6 Å². The third-order valence-electron chi connectivity index (χ3n) is 4.28. The van der Waals surface area contributed by atoms with Crippen LogP contribution < -0.4 is 9.84 Å². The van der Waals surface area contributed by atoms with Gasteiger partial charge in [-0.1, -0.05) is 41.4 Å². The van der Waals surface area contributed by atoms with E-state index in [0.717, 1.165) is 22.6 Å². The second kappa shape index (κ2) is 7.67. The van der Waals surface area contributed by atoms with E-state index in [4.69, 9.17) is 16.3 Å². The lowest BCUT2D eigenvalue weighted by Crippen LogP contribution is -2.22. The van der Waals surface area contributed by atoms with Gasteiger partial charge in [-0.05, 0) is 55.7 Å². The first-order chi connectivity index (χ1) is 12.5. The highest BCUT2D eigenvalue weighted by Gasteiger charge is 2.16. The Morgan fingerprint density at radius 1 is 1.12 bits per heavy atom. The number of aromatic nitrogens is 1. The normalized spacial score (nSPS) is 10.7. The van der Waals surface area contributed by atoms with Crippen molar-refractivity contribution in [3.63, 3.8) is 0 Å². The molecule has 0 atom stereocenters. The van der Waals surface area contributed by atoms with E-state index in [-0.39, 0.29) is 6.42 Å². The number of hydrogen-bond donors (Lipinski definition) is 0. The predicted octanol–water partition coefficient (Wildman–Crippen LogP) is 3.80. The third-order valence-corrected chi connectivity index (χ3v) is 4.51. The number of hydrogen-bond acceptors (Lipinski definition) is 3. The maximum absolute atomic E-state index is 10.9. The lowest BCUT2D eigenvalue weighted by Gasteiger charge is -2.17. The summed E-state index contributed by atoms with van der Waals surface area (Å²) < 4.78 is 7.50. The number of carbonyl (C=O) groups is 1. The standard InChI is InChI=1S/C21H20ClNO3/c1-14-3-5-15(6-4-14)18-10-8-17(9-12-21(24)25)23(18)19-13-16(22)7-11-20(19)26-2/h3-8,10-11,13H,9,12H2,1-2H3,(H,24,25)/p-1. The van der Waals surface area contributed by atoms with Crippen molar-refractivity contribution in [3.05, 3.63) is 70.9 Å². The average molecular weight is 369 g/mol. The van der Waals surface area contributed by atoms with Crippen LogP contribution in [0.4, 0.5) is 0 Å². The number of aryl methyl sites for hydroxylation is 2. The summed E-state index contributed by atoms with van der Waals surface area (Å²) in [5.74, 6) is -0.415. The van der Waals surface area contributed by atoms with Crippen molar-refractivity contribution >= 4 is 17.6 Å². The van der Waals surface area contributed by atoms with E-state index in [1.807, 2.05) is 54.0 Å². The Labute approximate surface area is 157 Å². The van der Waals surface area contributed by atoms with Crippen molar-refractivity contribution in [2.24, 2.45) is 0 Å². The molecule has 0 N–H and O–H groups in total. The molecule has 0 saturated carbocycles. The molecule has 0 spiro atoms. The molecule has 5 heteroatoms. The minimum absolute atomic E-state index is 0.0553. The summed E-state index contributed by atoms with van der Waals surface area (Å²) in [6.45, 7) is 2.04. The summed E-state index contributed by atoms with van der Waals surface area (Å²) in [7, 11) is 1.60. The topological polar surface area (TPSA) is 54.3 Å². The molecule has 0 aliphatic rings. The molecule has 0 saturated heterocycles. The molecule has 1 aromatic heterocycles. The zero-order chi connectivity index (χ0) is 18.7. The third kappa shape index (κ3) is 3.75. The quantitative estimate of drug-likeness (QED) is 0.665. The van der Waals surface area contributed by atoms with E-state index < -0.39 is 5.97 Å². The molecule has 0 aliphatic carbocycles. The predicted molar refractivity (Wildman–Crippen MR) is 101 cm³/mol. The Hall–Kier alpha value is -2.72. The Morgan fingerprint density at radius 2 is 1.85 bits per heavy atom. The van der Waals surface area contributed by atoms with Crippen molar-refractivity contribution in [1.82, 2.24) is 4.57 Å². The van der Waals surface area contributed by atoms with Gasteiger partial charge in [-0.15, -0.1) is 0 Å². The molecule has 0 unspecified atom stereocenters. The summed E-state index contributed by atoms with van der Waals surface area (Å²) in [6, 6.07) is 17.5. The molecule has 0 bridgehead atoms. The highest BCUT2D eigenvalue weighted by Crippen LogP contribution is 2.34. The number of aliphatic carboxylic acids is 1. The van der Waals surface area contributed by atoms with Crippen LogP contribution in [0.25, 0.3) is 16.9 Å². The van der Waals surface area contributed by atoms with Gasteiger partial charge in [-0.3, -0.25) is 0 Å². The van der Waals surface area contributed by atoms with Crippen LogP contribution in [0.5, 0.6) is 5.75 Å². The average Bonchev–Trinajstić information content (AvgIpc) is 3.04. The second-order valence-corrected chi connectivity index (χ2v) is 6.54. The molecule has 0 fully saturated rings. The highest BCUT2D eigenvalue weighted by molar-refractivity contribution is 6.30. The van der Waals surface area contributed by atoms with Gasteiger partial charge >= 0.3 is 0 Å². The number of carbonyl (C=O) groups excluding carboxylic acids is 1. The van der Waals surface area contributed by atoms with Crippen molar-refractivity contribution in [2.45, 2.75) is 19.8 Å². The number of carboxylic acids is 1. The van der Waals surface area contributed by atoms with Crippen LogP contribution in [0.15, 0.2) is 54.6 Å². The number of nitrogens with zero attached hydrogens (tertiary/aromatic N) is 1. The largest absolute Gasteiger partial charge is 0.550 e. The van der Waals surface area contributed by atoms with Crippen LogP contribution in [-0.2, 0) is 11.2 Å². The Morgan fingerprint density at radius 3 is 2.50 bits per heavy atom. The fourth-order valence-electron chi connectivity index (χ4n) is 2.98. The molecule has 3 rings (SSSR count). The van der Waals surface area contributed by atoms with E-state index in [1.165, 1.54) is 5.56 Å². The summed E-state index contributed by atoms with van der Waals surface area (Å²) in [6.07, 6.45) is 0.296. The molecule has 4 nitrogen and oxygen atoms in total. The molecule has 0 amide bonds. The van der Waals surface area contributed by atoms with Gasteiger partial charge in [0.15, 0.2) is 0 Å². The fourth-order valence-corrected chi connectivity index (χ4v) is 3.14. The summed E-state index contributed by atoms with van der Waals surface area (Å²) in [4.78, 5) is 10.9. The molecular formula is C21H19ClNO3-. The summed E-state index contributed by atoms with van der Waals surface area (Å²) in [5.41, 5.74) is 4.76. The summed E-state index contributed by atoms with van der Waals surface area (Å²) >= 11 is 6.22. The zero-order valence-corrected chi connectivity index (χ0v) is 15.4. The first-order valence-corrected chi connectivity index (χ1v) is 8.69. The molecule has 134 valence electrons. The van der Waals surface area contributed by atoms with Crippen LogP contribution in [0.2, 0.25) is 5.02 Å². The minimum atomic E-state index is -1.08. The lowest BCUT2D eigenvalue weighted by atomic mass is 10.1. The fraction of sp³-hybridized carbons (Fsp3) is 0.190. The molecule has 26 heavy (non-hydrogen) atoms. The zero-order valence-electron chi connectivity index (χ0n) is 14.7. The first-order valence-electron chi connectivity index (χ1n) is 8.31. The van der Waals surface area contributed by atoms with Crippen LogP contribution in [0.1, 0.15) is 17.7 Å². The minimum Gasteiger partial charge on any atom is -0.550 e. The van der Waals surface area contributed by atoms with Crippen LogP contribution in [0, 0.1) is 6.92 Å². The number of rotatable bonds is 6. The Balaban J connectivity index is 2.19. The SMILES string of the molecule is COc1ccc(Cl)cc1-n1c(CCC(=O)[O-])ccc1-c1ccc(C)cc1. The molecular weight excluding hydrogens is 350 g/mol. The van der Waals surface area contributed by atoms with Gasteiger partial charge in [0.05, 0.1) is 18.5 Å². The van der Waals surface area contributed by atoms with E-state index in [9.17, 15) is 9.90 Å². The van der Waals surface area contributed by atoms with Gasteiger partial charge < -0.3 is 19.2 Å². The molecule has 0 radical (unpaired) electrons. The van der Waals surface area contributed by atoms with Gasteiger partial charge in [-0.2, -0.15) is 0 Å². The number of methoxy groups -OCH3 is 1. The maximum Gasteiger partial charge on any atom is 0.142 e. The van der Waals surface area contributed by atoms with Gasteiger partial charge in [0.1, 0.15) is 5.75 Å². The maximum atomic E-state index is 10.9. The number of carboxylic acid groups (broad SMARTS) is 1. The first kappa shape index (κ1) is 18.1. The monoisotopic (exact) mass is 368 g/mol. The van der Waals surface area contributed by atoms with Crippen LogP contribution in [-0.4, -0.2) is 17.6 Å². The van der Waals surface area contributed by atoms with Gasteiger partial charge in [0.25, 0.3) is 0 Å². The Kier molecular flexibility index (Phi) is 5.33. The van der Waals surface area contributed by atoms with Crippen LogP contribution in [0.3, 0.4) is 0 Å². The summed E-state index contributed by atoms with van der Waals surface area (Å²) in [5, 5.41) is 11.5. The molecule has 0 aliphatic heterocycles. The van der Waals surface area contributed by atoms with E-state index >= 15 is 0 Å². The van der Waals surface area contributed by atoms with Gasteiger partial charge in [0.2, 0.25) is 0 Å². The van der Waals surface area contributed by atoms with E-state index in [2.05, 4.69) is 0 Å². The molecule has 3 aromatic rings. The van der Waals surface area contributed by atoms with Gasteiger partial charge in [0, 0.05) is 16.7 Å². The lowest BCUT2D eigenvalue weighted by molar-refractivity contribution is -0.305. The van der Waals surface area contributed by atoms with E-state index in [1.54, 1.807) is 19.2 Å². The van der Waals surface area contributed by atoms with Crippen molar-refractivity contribution in [3.8, 4) is 22.7 Å². The number of halogens is 1. The van der Waals surface area contributed by atoms with E-state index in [0.29, 0.717) is 17.2 Å². The molecule has 2 aromatic carbocycles. The Bertz CT molecular complexity index is 929. The second-order valence-electron chi connectivity index (χ2n) is 6.10.